The number of amides is 1. The van der Waals surface area contributed by atoms with Gasteiger partial charge in [-0.1, -0.05) is 31.5 Å². The fourth-order valence-electron chi connectivity index (χ4n) is 5.46. The number of rotatable bonds is 9. The van der Waals surface area contributed by atoms with E-state index >= 15 is 0 Å². The van der Waals surface area contributed by atoms with Crippen molar-refractivity contribution in [3.8, 4) is 11.5 Å². The Labute approximate surface area is 222 Å². The van der Waals surface area contributed by atoms with E-state index in [1.807, 2.05) is 71.0 Å². The molecule has 2 atom stereocenters. The zero-order valence-corrected chi connectivity index (χ0v) is 23.8. The molecule has 0 saturated carbocycles. The minimum atomic E-state index is -0.444. The van der Waals surface area contributed by atoms with Crippen molar-refractivity contribution >= 4 is 17.6 Å². The SMILES string of the molecule is CCCC[N+]1(Cc2ccc(OC(C)=O)c(OC(C)(C)C)c2)CCCCC1C(=O)Nc1c(C)cccc1C. The van der Waals surface area contributed by atoms with Crippen LogP contribution in [0.25, 0.3) is 0 Å². The summed E-state index contributed by atoms with van der Waals surface area (Å²) >= 11 is 0. The Morgan fingerprint density at radius 1 is 1.05 bits per heavy atom. The molecule has 202 valence electrons. The number of unbranched alkanes of at least 4 members (excludes halogenated alkanes) is 1. The number of esters is 1. The van der Waals surface area contributed by atoms with Crippen LogP contribution in [-0.2, 0) is 16.1 Å². The van der Waals surface area contributed by atoms with Gasteiger partial charge in [0.05, 0.1) is 13.1 Å². The molecule has 1 aliphatic rings. The van der Waals surface area contributed by atoms with Crippen molar-refractivity contribution in [1.82, 2.24) is 0 Å². The van der Waals surface area contributed by atoms with Crippen LogP contribution in [0.5, 0.6) is 11.5 Å². The van der Waals surface area contributed by atoms with Crippen molar-refractivity contribution in [1.29, 1.82) is 0 Å². The van der Waals surface area contributed by atoms with Crippen LogP contribution in [0.1, 0.15) is 83.4 Å². The highest BCUT2D eigenvalue weighted by atomic mass is 16.6. The number of nitrogens with one attached hydrogen (secondary N) is 1. The lowest BCUT2D eigenvalue weighted by Gasteiger charge is -2.47. The Bertz CT molecular complexity index is 1080. The molecular formula is C31H45N2O4+. The van der Waals surface area contributed by atoms with Crippen molar-refractivity contribution in [3.05, 3.63) is 53.1 Å². The van der Waals surface area contributed by atoms with Crippen molar-refractivity contribution in [2.75, 3.05) is 18.4 Å². The summed E-state index contributed by atoms with van der Waals surface area (Å²) in [5.74, 6) is 0.713. The number of anilines is 1. The highest BCUT2D eigenvalue weighted by Crippen LogP contribution is 2.36. The third-order valence-electron chi connectivity index (χ3n) is 7.16. The molecule has 1 saturated heterocycles. The molecule has 6 nitrogen and oxygen atoms in total. The van der Waals surface area contributed by atoms with Crippen molar-refractivity contribution in [2.45, 2.75) is 98.8 Å². The predicted octanol–water partition coefficient (Wildman–Crippen LogP) is 6.71. The highest BCUT2D eigenvalue weighted by Gasteiger charge is 2.44. The smallest absolute Gasteiger partial charge is 0.308 e. The lowest BCUT2D eigenvalue weighted by molar-refractivity contribution is -0.959. The maximum atomic E-state index is 13.9. The van der Waals surface area contributed by atoms with Gasteiger partial charge in [0.2, 0.25) is 0 Å². The van der Waals surface area contributed by atoms with Gasteiger partial charge in [-0.15, -0.1) is 0 Å². The van der Waals surface area contributed by atoms with E-state index in [0.717, 1.165) is 78.6 Å². The highest BCUT2D eigenvalue weighted by molar-refractivity contribution is 5.95. The first-order valence-corrected chi connectivity index (χ1v) is 13.7. The molecule has 0 aromatic heterocycles. The van der Waals surface area contributed by atoms with Gasteiger partial charge < -0.3 is 19.3 Å². The number of nitrogens with zero attached hydrogens (tertiary/aromatic N) is 1. The van der Waals surface area contributed by atoms with Crippen molar-refractivity contribution in [2.24, 2.45) is 0 Å². The van der Waals surface area contributed by atoms with Gasteiger partial charge in [0.25, 0.3) is 5.91 Å². The Morgan fingerprint density at radius 2 is 1.76 bits per heavy atom. The number of likely N-dealkylation sites (tertiary alicyclic amines) is 1. The first kappa shape index (κ1) is 28.7. The van der Waals surface area contributed by atoms with E-state index in [0.29, 0.717) is 11.5 Å². The number of quaternary nitrogens is 1. The summed E-state index contributed by atoms with van der Waals surface area (Å²) < 4.78 is 12.4. The van der Waals surface area contributed by atoms with E-state index in [4.69, 9.17) is 9.47 Å². The average Bonchev–Trinajstić information content (AvgIpc) is 2.81. The molecule has 0 bridgehead atoms. The lowest BCUT2D eigenvalue weighted by Crippen LogP contribution is -2.62. The largest absolute Gasteiger partial charge is 0.484 e. The topological polar surface area (TPSA) is 64.6 Å². The van der Waals surface area contributed by atoms with E-state index < -0.39 is 5.60 Å². The fraction of sp³-hybridized carbons (Fsp3) is 0.548. The van der Waals surface area contributed by atoms with Gasteiger partial charge in [0.15, 0.2) is 17.5 Å². The summed E-state index contributed by atoms with van der Waals surface area (Å²) in [7, 11) is 0. The zero-order valence-electron chi connectivity index (χ0n) is 23.8. The van der Waals surface area contributed by atoms with Gasteiger partial charge >= 0.3 is 5.97 Å². The molecule has 0 aliphatic carbocycles. The van der Waals surface area contributed by atoms with Crippen LogP contribution in [-0.4, -0.2) is 41.1 Å². The number of carbonyl (C=O) groups is 2. The third-order valence-corrected chi connectivity index (χ3v) is 7.16. The standard InChI is InChI=1S/C31H44N2O4/c1-8-9-18-33(21-25-16-17-27(36-24(4)34)28(20-25)37-31(5,6)7)19-11-10-15-26(33)30(35)32-29-22(2)13-12-14-23(29)3/h12-14,16-17,20,26H,8-11,15,18-19,21H2,1-7H3/p+1. The number of para-hydroxylation sites is 1. The Kier molecular flexibility index (Phi) is 9.41. The molecule has 2 aromatic carbocycles. The van der Waals surface area contributed by atoms with Gasteiger partial charge in [-0.25, -0.2) is 0 Å². The number of piperidine rings is 1. The molecule has 1 N–H and O–H groups in total. The summed E-state index contributed by atoms with van der Waals surface area (Å²) in [5, 5.41) is 3.30. The van der Waals surface area contributed by atoms with Crippen LogP contribution in [0.4, 0.5) is 5.69 Å². The van der Waals surface area contributed by atoms with Gasteiger partial charge in [0, 0.05) is 24.6 Å². The van der Waals surface area contributed by atoms with Crippen LogP contribution in [0, 0.1) is 13.8 Å². The van der Waals surface area contributed by atoms with Crippen LogP contribution in [0.15, 0.2) is 36.4 Å². The second-order valence-corrected chi connectivity index (χ2v) is 11.5. The Hall–Kier alpha value is -2.86. The summed E-state index contributed by atoms with van der Waals surface area (Å²) in [4.78, 5) is 25.6. The summed E-state index contributed by atoms with van der Waals surface area (Å²) in [6, 6.07) is 11.8. The minimum absolute atomic E-state index is 0.107. The summed E-state index contributed by atoms with van der Waals surface area (Å²) in [5.41, 5.74) is 3.74. The second-order valence-electron chi connectivity index (χ2n) is 11.5. The molecule has 1 aliphatic heterocycles. The summed E-state index contributed by atoms with van der Waals surface area (Å²) in [6.45, 7) is 16.3. The Balaban J connectivity index is 1.97. The quantitative estimate of drug-likeness (QED) is 0.232. The molecule has 1 heterocycles. The molecule has 2 unspecified atom stereocenters. The lowest BCUT2D eigenvalue weighted by atomic mass is 9.94. The van der Waals surface area contributed by atoms with Crippen molar-refractivity contribution in [3.63, 3.8) is 0 Å². The van der Waals surface area contributed by atoms with Crippen molar-refractivity contribution < 1.29 is 23.5 Å². The number of carbonyl (C=O) groups excluding carboxylic acids is 2. The molecule has 0 radical (unpaired) electrons. The molecule has 1 fully saturated rings. The van der Waals surface area contributed by atoms with E-state index in [9.17, 15) is 9.59 Å². The molecule has 6 heteroatoms. The normalized spacial score (nSPS) is 19.8. The van der Waals surface area contributed by atoms with E-state index in [2.05, 4.69) is 12.2 Å². The van der Waals surface area contributed by atoms with E-state index in [1.54, 1.807) is 0 Å². The molecule has 0 spiro atoms. The Morgan fingerprint density at radius 3 is 2.38 bits per heavy atom. The molecule has 2 aromatic rings. The number of ether oxygens (including phenoxy) is 2. The monoisotopic (exact) mass is 509 g/mol. The maximum Gasteiger partial charge on any atom is 0.308 e. The molecular weight excluding hydrogens is 464 g/mol. The first-order valence-electron chi connectivity index (χ1n) is 13.7. The van der Waals surface area contributed by atoms with E-state index in [-0.39, 0.29) is 17.9 Å². The van der Waals surface area contributed by atoms with Gasteiger partial charge in [-0.05, 0) is 83.2 Å². The van der Waals surface area contributed by atoms with Crippen LogP contribution in [0.2, 0.25) is 0 Å². The fourth-order valence-corrected chi connectivity index (χ4v) is 5.46. The maximum absolute atomic E-state index is 13.9. The van der Waals surface area contributed by atoms with E-state index in [1.165, 1.54) is 6.92 Å². The average molecular weight is 510 g/mol. The van der Waals surface area contributed by atoms with Crippen LogP contribution in [0.3, 0.4) is 0 Å². The third kappa shape index (κ3) is 7.57. The molecule has 1 amide bonds. The van der Waals surface area contributed by atoms with Gasteiger partial charge in [-0.3, -0.25) is 9.59 Å². The number of benzene rings is 2. The molecule has 3 rings (SSSR count). The zero-order chi connectivity index (χ0) is 27.2. The second kappa shape index (κ2) is 12.1. The number of hydrogen-bond donors (Lipinski definition) is 1. The number of aryl methyl sites for hydroxylation is 2. The van der Waals surface area contributed by atoms with Crippen LogP contribution >= 0.6 is 0 Å². The first-order chi connectivity index (χ1) is 17.4. The van der Waals surface area contributed by atoms with Gasteiger partial charge in [-0.2, -0.15) is 0 Å². The molecule has 37 heavy (non-hydrogen) atoms. The predicted molar refractivity (Wildman–Crippen MR) is 149 cm³/mol. The van der Waals surface area contributed by atoms with Gasteiger partial charge in [0.1, 0.15) is 12.1 Å². The minimum Gasteiger partial charge on any atom is -0.484 e. The summed E-state index contributed by atoms with van der Waals surface area (Å²) in [6.07, 6.45) is 5.17. The van der Waals surface area contributed by atoms with Crippen LogP contribution < -0.4 is 14.8 Å². The number of hydrogen-bond acceptors (Lipinski definition) is 4.